The van der Waals surface area contributed by atoms with Gasteiger partial charge in [0.1, 0.15) is 0 Å². The molecule has 8 nitrogen and oxygen atoms in total. The summed E-state index contributed by atoms with van der Waals surface area (Å²) >= 11 is 0. The molecule has 0 bridgehead atoms. The number of hydrogen-bond donors (Lipinski definition) is 3. The maximum absolute atomic E-state index is 12.2. The summed E-state index contributed by atoms with van der Waals surface area (Å²) in [4.78, 5) is 24.2. The van der Waals surface area contributed by atoms with Gasteiger partial charge in [-0.15, -0.1) is 0 Å². The molecule has 32 heavy (non-hydrogen) atoms. The van der Waals surface area contributed by atoms with Gasteiger partial charge in [-0.25, -0.2) is 9.31 Å². The van der Waals surface area contributed by atoms with E-state index in [-0.39, 0.29) is 11.5 Å². The van der Waals surface area contributed by atoms with Crippen LogP contribution < -0.4 is 16.4 Å². The van der Waals surface area contributed by atoms with Crippen LogP contribution in [0.4, 0.5) is 10.5 Å². The van der Waals surface area contributed by atoms with Crippen LogP contribution in [0.2, 0.25) is 0 Å². The summed E-state index contributed by atoms with van der Waals surface area (Å²) in [5.74, 6) is -0.545. The van der Waals surface area contributed by atoms with Crippen LogP contribution >= 0.6 is 0 Å². The lowest BCUT2D eigenvalue weighted by Gasteiger charge is -2.42. The number of aromatic nitrogens is 2. The third-order valence-corrected chi connectivity index (χ3v) is 7.12. The number of ether oxygens (including phenoxy) is 1. The fourth-order valence-electron chi connectivity index (χ4n) is 4.61. The minimum Gasteiger partial charge on any atom is -0.453 e. The molecule has 2 heterocycles. The van der Waals surface area contributed by atoms with Gasteiger partial charge in [-0.05, 0) is 31.4 Å². The van der Waals surface area contributed by atoms with Crippen molar-refractivity contribution in [2.75, 3.05) is 12.4 Å². The molecule has 1 saturated carbocycles. The summed E-state index contributed by atoms with van der Waals surface area (Å²) in [5, 5.41) is 11.0. The van der Waals surface area contributed by atoms with Crippen molar-refractivity contribution >= 4 is 23.2 Å². The molecule has 2 amide bonds. The average molecular weight is 436 g/mol. The van der Waals surface area contributed by atoms with Crippen molar-refractivity contribution in [3.8, 4) is 11.1 Å². The van der Waals surface area contributed by atoms with Gasteiger partial charge < -0.3 is 21.1 Å². The maximum atomic E-state index is 12.2. The minimum atomic E-state index is -0.545. The van der Waals surface area contributed by atoms with Crippen molar-refractivity contribution in [1.29, 1.82) is 0 Å². The Bertz CT molecular complexity index is 1170. The van der Waals surface area contributed by atoms with Crippen LogP contribution in [-0.2, 0) is 4.74 Å². The number of carbonyl (C=O) groups excluding carboxylic acids is 2. The first kappa shape index (κ1) is 21.7. The Labute approximate surface area is 187 Å². The number of methoxy groups -OCH3 is 1. The number of fused-ring (bicyclic) bond motifs is 1. The van der Waals surface area contributed by atoms with Crippen molar-refractivity contribution in [2.24, 2.45) is 11.1 Å². The van der Waals surface area contributed by atoms with Crippen LogP contribution in [0.1, 0.15) is 44.0 Å². The SMILES string of the molecule is COC(=O)N[C@@]1(C)CC[C@@H](Nc2c(C(N)=O)cnn3cc(-c4ccccc4)cc23)C1(C)C. The summed E-state index contributed by atoms with van der Waals surface area (Å²) in [6.45, 7) is 6.22. The van der Waals surface area contributed by atoms with E-state index in [9.17, 15) is 9.59 Å². The van der Waals surface area contributed by atoms with E-state index in [1.54, 1.807) is 4.52 Å². The van der Waals surface area contributed by atoms with Crippen LogP contribution in [0.5, 0.6) is 0 Å². The molecular formula is C24H29N5O3. The first-order valence-electron chi connectivity index (χ1n) is 10.7. The number of alkyl carbamates (subject to hydrolysis) is 1. The number of nitrogens with zero attached hydrogens (tertiary/aromatic N) is 2. The predicted molar refractivity (Wildman–Crippen MR) is 124 cm³/mol. The fraction of sp³-hybridized carbons (Fsp3) is 0.375. The summed E-state index contributed by atoms with van der Waals surface area (Å²) < 4.78 is 6.59. The van der Waals surface area contributed by atoms with Crippen LogP contribution in [0.3, 0.4) is 0 Å². The topological polar surface area (TPSA) is 111 Å². The highest BCUT2D eigenvalue weighted by atomic mass is 16.5. The normalized spacial score (nSPS) is 21.9. The van der Waals surface area contributed by atoms with E-state index in [4.69, 9.17) is 10.5 Å². The summed E-state index contributed by atoms with van der Waals surface area (Å²) in [6.07, 6.45) is 4.54. The van der Waals surface area contributed by atoms with Crippen LogP contribution in [0, 0.1) is 5.41 Å². The quantitative estimate of drug-likeness (QED) is 0.564. The number of nitrogens with one attached hydrogen (secondary N) is 2. The largest absolute Gasteiger partial charge is 0.453 e. The van der Waals surface area contributed by atoms with Crippen molar-refractivity contribution in [3.63, 3.8) is 0 Å². The Morgan fingerprint density at radius 1 is 1.19 bits per heavy atom. The third-order valence-electron chi connectivity index (χ3n) is 7.12. The number of amides is 2. The van der Waals surface area contributed by atoms with Gasteiger partial charge in [-0.1, -0.05) is 44.2 Å². The summed E-state index contributed by atoms with van der Waals surface area (Å²) in [7, 11) is 1.36. The molecule has 2 aromatic heterocycles. The molecule has 1 aromatic carbocycles. The van der Waals surface area contributed by atoms with Crippen LogP contribution in [0.15, 0.2) is 48.8 Å². The average Bonchev–Trinajstić information content (AvgIpc) is 3.29. The zero-order valence-corrected chi connectivity index (χ0v) is 18.8. The molecule has 1 aliphatic rings. The summed E-state index contributed by atoms with van der Waals surface area (Å²) in [5.41, 5.74) is 8.68. The Hall–Kier alpha value is -3.55. The molecule has 1 aliphatic carbocycles. The molecule has 2 atom stereocenters. The molecule has 0 unspecified atom stereocenters. The van der Waals surface area contributed by atoms with Crippen molar-refractivity contribution < 1.29 is 14.3 Å². The number of nitrogens with two attached hydrogens (primary N) is 1. The third kappa shape index (κ3) is 3.55. The fourth-order valence-corrected chi connectivity index (χ4v) is 4.61. The molecule has 0 spiro atoms. The lowest BCUT2D eigenvalue weighted by Crippen LogP contribution is -2.56. The number of primary amides is 1. The van der Waals surface area contributed by atoms with E-state index >= 15 is 0 Å². The number of hydrogen-bond acceptors (Lipinski definition) is 5. The van der Waals surface area contributed by atoms with Gasteiger partial charge in [0, 0.05) is 28.8 Å². The molecule has 168 valence electrons. The Morgan fingerprint density at radius 2 is 1.91 bits per heavy atom. The number of rotatable bonds is 5. The van der Waals surface area contributed by atoms with Gasteiger partial charge in [0.25, 0.3) is 5.91 Å². The second kappa shape index (κ2) is 7.85. The number of anilines is 1. The van der Waals surface area contributed by atoms with Gasteiger partial charge in [0.15, 0.2) is 0 Å². The van der Waals surface area contributed by atoms with Crippen LogP contribution in [0.25, 0.3) is 16.6 Å². The maximum Gasteiger partial charge on any atom is 0.407 e. The van der Waals surface area contributed by atoms with E-state index in [0.717, 1.165) is 29.5 Å². The van der Waals surface area contributed by atoms with Crippen LogP contribution in [-0.4, -0.2) is 40.3 Å². The molecule has 8 heteroatoms. The standard InChI is InChI=1S/C24H29N5O3/c1-23(2)19(10-11-24(23,3)28-22(31)32-4)27-20-17(21(25)30)13-26-29-14-16(12-18(20)29)15-8-6-5-7-9-15/h5-9,12-14,19,27H,10-11H2,1-4H3,(H2,25,30)(H,28,31)/t19-,24+/m1/s1. The van der Waals surface area contributed by atoms with Crippen molar-refractivity contribution in [3.05, 3.63) is 54.4 Å². The van der Waals surface area contributed by atoms with E-state index in [0.29, 0.717) is 11.3 Å². The second-order valence-electron chi connectivity index (χ2n) is 9.13. The van der Waals surface area contributed by atoms with E-state index in [1.165, 1.54) is 13.3 Å². The molecule has 4 rings (SSSR count). The lowest BCUT2D eigenvalue weighted by molar-refractivity contribution is 0.100. The lowest BCUT2D eigenvalue weighted by atomic mass is 9.74. The highest BCUT2D eigenvalue weighted by Crippen LogP contribution is 2.47. The Kier molecular flexibility index (Phi) is 5.32. The monoisotopic (exact) mass is 435 g/mol. The molecule has 1 fully saturated rings. The van der Waals surface area contributed by atoms with E-state index in [2.05, 4.69) is 29.6 Å². The van der Waals surface area contributed by atoms with Gasteiger partial charge >= 0.3 is 6.09 Å². The van der Waals surface area contributed by atoms with Gasteiger partial charge in [0.05, 0.1) is 30.1 Å². The second-order valence-corrected chi connectivity index (χ2v) is 9.13. The highest BCUT2D eigenvalue weighted by molar-refractivity contribution is 6.02. The predicted octanol–water partition coefficient (Wildman–Crippen LogP) is 3.82. The molecule has 3 aromatic rings. The van der Waals surface area contributed by atoms with Crippen molar-refractivity contribution in [2.45, 2.75) is 45.2 Å². The first-order valence-corrected chi connectivity index (χ1v) is 10.7. The Morgan fingerprint density at radius 3 is 2.56 bits per heavy atom. The zero-order chi connectivity index (χ0) is 23.1. The molecule has 0 radical (unpaired) electrons. The Balaban J connectivity index is 1.75. The minimum absolute atomic E-state index is 0.0240. The van der Waals surface area contributed by atoms with Gasteiger partial charge in [0.2, 0.25) is 0 Å². The van der Waals surface area contributed by atoms with Gasteiger partial charge in [-0.2, -0.15) is 5.10 Å². The van der Waals surface area contributed by atoms with E-state index < -0.39 is 17.5 Å². The molecule has 0 aliphatic heterocycles. The zero-order valence-electron chi connectivity index (χ0n) is 18.8. The highest BCUT2D eigenvalue weighted by Gasteiger charge is 2.53. The van der Waals surface area contributed by atoms with Gasteiger partial charge in [-0.3, -0.25) is 4.79 Å². The van der Waals surface area contributed by atoms with Crippen molar-refractivity contribution in [1.82, 2.24) is 14.9 Å². The van der Waals surface area contributed by atoms with E-state index in [1.807, 2.05) is 49.5 Å². The molecular weight excluding hydrogens is 406 g/mol. The smallest absolute Gasteiger partial charge is 0.407 e. The first-order chi connectivity index (χ1) is 15.2. The molecule has 4 N–H and O–H groups in total. The number of benzene rings is 1. The summed E-state index contributed by atoms with van der Waals surface area (Å²) in [6, 6.07) is 12.0. The molecule has 0 saturated heterocycles. The number of carbonyl (C=O) groups is 2.